The Balaban J connectivity index is 0.000000244. The molecule has 0 amide bonds. The molecule has 3 N–H and O–H groups in total. The van der Waals surface area contributed by atoms with Gasteiger partial charge in [-0.15, -0.1) is 0 Å². The summed E-state index contributed by atoms with van der Waals surface area (Å²) in [4.78, 5) is 104. The van der Waals surface area contributed by atoms with Crippen molar-refractivity contribution in [1.29, 1.82) is 0 Å². The molecule has 0 aromatic carbocycles. The number of aryl methyl sites for hydroxylation is 3. The van der Waals surface area contributed by atoms with Crippen molar-refractivity contribution in [3.63, 3.8) is 0 Å². The maximum absolute atomic E-state index is 12.5. The van der Waals surface area contributed by atoms with Crippen LogP contribution in [-0.2, 0) is 47.0 Å². The number of nitrogens with zero attached hydrogens (tertiary/aromatic N) is 9. The van der Waals surface area contributed by atoms with Gasteiger partial charge < -0.3 is 14.9 Å². The highest BCUT2D eigenvalue weighted by molar-refractivity contribution is 9.09. The van der Waals surface area contributed by atoms with Gasteiger partial charge in [0, 0.05) is 63.3 Å². The summed E-state index contributed by atoms with van der Waals surface area (Å²) in [5.74, 6) is -1.40. The van der Waals surface area contributed by atoms with Gasteiger partial charge in [-0.1, -0.05) is 15.9 Å². The Morgan fingerprint density at radius 2 is 1.14 bits per heavy atom. The number of piperidine rings is 1. The van der Waals surface area contributed by atoms with E-state index in [-0.39, 0.29) is 11.4 Å². The number of carbonyl (C=O) groups is 2. The Bertz CT molecular complexity index is 2230. The number of aromatic nitrogens is 9. The van der Waals surface area contributed by atoms with E-state index in [0.29, 0.717) is 68.4 Å². The molecule has 2 aliphatic heterocycles. The van der Waals surface area contributed by atoms with E-state index in [1.54, 1.807) is 25.3 Å². The number of alkyl halides is 1. The lowest BCUT2D eigenvalue weighted by atomic mass is 9.99. The SMILES string of the molecule is CCn1c(C)nc(=O)[nH]c1=O.CCn1c(C)nc(=O)n(CCCBr)c1=O.CCn1c(C)nc(=O)n(CCCN2C3CCC2CC(OCC2CC2)C3)c1=O.O=C(O)C(=O)O. The third-order valence-electron chi connectivity index (χ3n) is 10.3. The number of hydrogen-bond donors (Lipinski definition) is 3. The van der Waals surface area contributed by atoms with Crippen LogP contribution in [0, 0.1) is 26.7 Å². The Kier molecular flexibility index (Phi) is 19.0. The van der Waals surface area contributed by atoms with Crippen LogP contribution in [0.15, 0.2) is 28.8 Å². The van der Waals surface area contributed by atoms with Crippen molar-refractivity contribution in [2.45, 2.75) is 144 Å². The minimum Gasteiger partial charge on any atom is -0.473 e. The maximum Gasteiger partial charge on any atom is 0.414 e. The number of aromatic amines is 1. The summed E-state index contributed by atoms with van der Waals surface area (Å²) in [6.07, 6.45) is 9.45. The lowest BCUT2D eigenvalue weighted by molar-refractivity contribution is -0.159. The number of nitrogens with one attached hydrogen (secondary N) is 1. The van der Waals surface area contributed by atoms with Gasteiger partial charge in [-0.3, -0.25) is 23.6 Å². The minimum absolute atomic E-state index is 0.231. The first-order chi connectivity index (χ1) is 28.0. The minimum atomic E-state index is -1.82. The maximum atomic E-state index is 12.5. The van der Waals surface area contributed by atoms with Crippen LogP contribution >= 0.6 is 15.9 Å². The van der Waals surface area contributed by atoms with Crippen LogP contribution in [0.2, 0.25) is 0 Å². The second-order valence-electron chi connectivity index (χ2n) is 14.4. The Labute approximate surface area is 347 Å². The molecule has 1 saturated carbocycles. The highest BCUT2D eigenvalue weighted by Crippen LogP contribution is 2.38. The van der Waals surface area contributed by atoms with Crippen LogP contribution in [0.4, 0.5) is 0 Å². The monoisotopic (exact) mass is 896 g/mol. The lowest BCUT2D eigenvalue weighted by Gasteiger charge is -2.39. The van der Waals surface area contributed by atoms with Crippen LogP contribution in [0.3, 0.4) is 0 Å². The quantitative estimate of drug-likeness (QED) is 0.156. The van der Waals surface area contributed by atoms with Crippen LogP contribution in [0.25, 0.3) is 0 Å². The van der Waals surface area contributed by atoms with Crippen molar-refractivity contribution in [2.24, 2.45) is 5.92 Å². The summed E-state index contributed by atoms with van der Waals surface area (Å²) >= 11 is 3.26. The first-order valence-corrected chi connectivity index (χ1v) is 21.0. The number of fused-ring (bicyclic) bond motifs is 2. The average Bonchev–Trinajstić information content (AvgIpc) is 3.97. The fourth-order valence-corrected chi connectivity index (χ4v) is 7.44. The van der Waals surface area contributed by atoms with Crippen LogP contribution in [0.5, 0.6) is 0 Å². The summed E-state index contributed by atoms with van der Waals surface area (Å²) in [6, 6.07) is 1.21. The summed E-state index contributed by atoms with van der Waals surface area (Å²) in [7, 11) is 0. The van der Waals surface area contributed by atoms with E-state index < -0.39 is 34.7 Å². The smallest absolute Gasteiger partial charge is 0.414 e. The number of carboxylic acid groups (broad SMARTS) is 2. The van der Waals surface area contributed by atoms with E-state index in [1.165, 1.54) is 44.0 Å². The molecule has 2 atom stereocenters. The number of carboxylic acids is 2. The standard InChI is InChI=1S/C20H32N4O3.C9H14BrN3O2.C6H9N3O2.C2H2O4/c1-3-22-14(2)21-19(25)24(20(22)26)10-4-9-23-16-7-8-17(23)12-18(11-16)27-13-15-5-6-15;1-3-12-7(2)11-8(14)13(9(12)15)6-4-5-10;1-3-9-4(2)7-5(10)8-6(9)11;3-1(4)2(5)6/h15-18H,3-13H2,1-2H3;3-6H2,1-2H3;3H2,1-2H3,(H,8,10,11);(H,3,4)(H,5,6). The molecule has 59 heavy (non-hydrogen) atoms. The van der Waals surface area contributed by atoms with E-state index in [1.807, 2.05) is 20.8 Å². The third kappa shape index (κ3) is 13.9. The molecule has 1 aliphatic carbocycles. The summed E-state index contributed by atoms with van der Waals surface area (Å²) in [5.41, 5.74) is -2.36. The zero-order valence-electron chi connectivity index (χ0n) is 34.6. The molecule has 22 heteroatoms. The Morgan fingerprint density at radius 1 is 0.678 bits per heavy atom. The molecule has 3 aliphatic rings. The lowest BCUT2D eigenvalue weighted by Crippen LogP contribution is -2.47. The van der Waals surface area contributed by atoms with E-state index in [9.17, 15) is 28.8 Å². The second-order valence-corrected chi connectivity index (χ2v) is 15.2. The number of hydrogen-bond acceptors (Lipinski definition) is 13. The van der Waals surface area contributed by atoms with Crippen molar-refractivity contribution >= 4 is 27.9 Å². The number of rotatable bonds is 13. The van der Waals surface area contributed by atoms with E-state index in [4.69, 9.17) is 24.5 Å². The Hall–Kier alpha value is -4.83. The number of halogens is 1. The van der Waals surface area contributed by atoms with Crippen LogP contribution < -0.4 is 34.1 Å². The molecule has 3 aromatic rings. The molecule has 2 unspecified atom stereocenters. The zero-order valence-corrected chi connectivity index (χ0v) is 36.2. The van der Waals surface area contributed by atoms with Crippen LogP contribution in [0.1, 0.15) is 89.6 Å². The van der Waals surface area contributed by atoms with Gasteiger partial charge in [0.2, 0.25) is 0 Å². The molecule has 5 heterocycles. The first kappa shape index (κ1) is 48.5. The van der Waals surface area contributed by atoms with Crippen LogP contribution in [-0.4, -0.2) is 106 Å². The molecular weight excluding hydrogens is 840 g/mol. The fourth-order valence-electron chi connectivity index (χ4n) is 7.19. The third-order valence-corrected chi connectivity index (χ3v) is 10.9. The summed E-state index contributed by atoms with van der Waals surface area (Å²) in [6.45, 7) is 14.9. The predicted octanol–water partition coefficient (Wildman–Crippen LogP) is 0.479. The highest BCUT2D eigenvalue weighted by Gasteiger charge is 2.41. The van der Waals surface area contributed by atoms with Crippen molar-refractivity contribution in [2.75, 3.05) is 18.5 Å². The molecule has 3 aromatic heterocycles. The number of H-pyrrole nitrogens is 1. The van der Waals surface area contributed by atoms with Gasteiger partial charge >= 0.3 is 46.1 Å². The van der Waals surface area contributed by atoms with Crippen molar-refractivity contribution in [1.82, 2.24) is 47.7 Å². The normalized spacial score (nSPS) is 18.1. The molecule has 0 spiro atoms. The zero-order chi connectivity index (χ0) is 44.0. The van der Waals surface area contributed by atoms with Gasteiger partial charge in [0.25, 0.3) is 0 Å². The molecule has 21 nitrogen and oxygen atoms in total. The molecule has 6 rings (SSSR count). The van der Waals surface area contributed by atoms with Gasteiger partial charge in [0.1, 0.15) is 17.5 Å². The van der Waals surface area contributed by atoms with Gasteiger partial charge in [-0.2, -0.15) is 15.0 Å². The number of ether oxygens (including phenoxy) is 1. The molecule has 0 radical (unpaired) electrons. The largest absolute Gasteiger partial charge is 0.473 e. The average molecular weight is 898 g/mol. The summed E-state index contributed by atoms with van der Waals surface area (Å²) in [5, 5.41) is 15.5. The van der Waals surface area contributed by atoms with E-state index in [0.717, 1.165) is 50.1 Å². The molecular formula is C37H57BrN10O11. The predicted molar refractivity (Wildman–Crippen MR) is 219 cm³/mol. The molecule has 328 valence electrons. The molecule has 3 fully saturated rings. The topological polar surface area (TPSA) is 269 Å². The van der Waals surface area contributed by atoms with E-state index in [2.05, 4.69) is 40.8 Å². The second kappa shape index (κ2) is 23.1. The Morgan fingerprint density at radius 3 is 1.54 bits per heavy atom. The van der Waals surface area contributed by atoms with Gasteiger partial charge in [0.05, 0.1) is 6.10 Å². The van der Waals surface area contributed by atoms with Crippen molar-refractivity contribution in [3.8, 4) is 0 Å². The van der Waals surface area contributed by atoms with Gasteiger partial charge in [-0.05, 0) is 98.8 Å². The van der Waals surface area contributed by atoms with Gasteiger partial charge in [0.15, 0.2) is 0 Å². The fraction of sp³-hybridized carbons (Fsp3) is 0.703. The summed E-state index contributed by atoms with van der Waals surface area (Å²) < 4.78 is 13.1. The van der Waals surface area contributed by atoms with Crippen molar-refractivity contribution < 1.29 is 24.5 Å². The molecule has 2 saturated heterocycles. The number of aliphatic carboxylic acids is 2. The first-order valence-electron chi connectivity index (χ1n) is 19.9. The highest BCUT2D eigenvalue weighted by atomic mass is 79.9. The van der Waals surface area contributed by atoms with Crippen molar-refractivity contribution in [3.05, 3.63) is 80.4 Å². The molecule has 2 bridgehead atoms. The van der Waals surface area contributed by atoms with Gasteiger partial charge in [-0.25, -0.2) is 47.5 Å². The van der Waals surface area contributed by atoms with E-state index >= 15 is 0 Å².